The van der Waals surface area contributed by atoms with Crippen LogP contribution in [0.1, 0.15) is 6.42 Å². The molecule has 0 unspecified atom stereocenters. The van der Waals surface area contributed by atoms with Crippen LogP contribution in [-0.2, 0) is 4.79 Å². The van der Waals surface area contributed by atoms with Crippen molar-refractivity contribution in [2.45, 2.75) is 11.3 Å². The van der Waals surface area contributed by atoms with Crippen LogP contribution >= 0.6 is 23.4 Å². The molecule has 0 saturated heterocycles. The molecule has 122 valence electrons. The Hall–Kier alpha value is -1.85. The summed E-state index contributed by atoms with van der Waals surface area (Å²) in [5, 5.41) is 3.56. The number of amides is 1. The van der Waals surface area contributed by atoms with Gasteiger partial charge in [-0.2, -0.15) is 0 Å². The molecule has 0 saturated carbocycles. The van der Waals surface area contributed by atoms with Gasteiger partial charge in [-0.25, -0.2) is 0 Å². The van der Waals surface area contributed by atoms with E-state index < -0.39 is 0 Å². The van der Waals surface area contributed by atoms with Crippen LogP contribution < -0.4 is 14.8 Å². The molecule has 1 amide bonds. The van der Waals surface area contributed by atoms with Gasteiger partial charge in [-0.15, -0.1) is 11.8 Å². The van der Waals surface area contributed by atoms with Crippen molar-refractivity contribution >= 4 is 35.0 Å². The largest absolute Gasteiger partial charge is 0.493 e. The van der Waals surface area contributed by atoms with Crippen LogP contribution in [0.3, 0.4) is 0 Å². The highest BCUT2D eigenvalue weighted by molar-refractivity contribution is 7.99. The molecular formula is C17H18ClNO3S. The lowest BCUT2D eigenvalue weighted by molar-refractivity contribution is -0.115. The Kier molecular flexibility index (Phi) is 6.62. The summed E-state index contributed by atoms with van der Waals surface area (Å²) >= 11 is 7.46. The van der Waals surface area contributed by atoms with Crippen molar-refractivity contribution in [2.24, 2.45) is 0 Å². The molecule has 0 spiro atoms. The van der Waals surface area contributed by atoms with E-state index in [2.05, 4.69) is 5.32 Å². The van der Waals surface area contributed by atoms with E-state index in [0.29, 0.717) is 34.4 Å². The molecule has 0 atom stereocenters. The van der Waals surface area contributed by atoms with Crippen molar-refractivity contribution in [1.29, 1.82) is 0 Å². The van der Waals surface area contributed by atoms with Crippen molar-refractivity contribution in [3.8, 4) is 11.5 Å². The molecule has 0 heterocycles. The van der Waals surface area contributed by atoms with E-state index in [1.54, 1.807) is 44.2 Å². The highest BCUT2D eigenvalue weighted by Crippen LogP contribution is 2.29. The summed E-state index contributed by atoms with van der Waals surface area (Å²) in [6, 6.07) is 12.9. The van der Waals surface area contributed by atoms with Crippen molar-refractivity contribution in [1.82, 2.24) is 0 Å². The normalized spacial score (nSPS) is 10.2. The minimum absolute atomic E-state index is 0.0429. The number of carbonyl (C=O) groups excluding carboxylic acids is 1. The summed E-state index contributed by atoms with van der Waals surface area (Å²) in [6.45, 7) is 0. The SMILES string of the molecule is COc1ccc(NC(=O)CCSc2ccc(Cl)cc2)cc1OC. The number of anilines is 1. The first-order valence-corrected chi connectivity index (χ1v) is 8.39. The second-order valence-corrected chi connectivity index (χ2v) is 6.28. The fourth-order valence-corrected chi connectivity index (χ4v) is 2.91. The molecule has 6 heteroatoms. The van der Waals surface area contributed by atoms with Crippen LogP contribution in [0.25, 0.3) is 0 Å². The monoisotopic (exact) mass is 351 g/mol. The third-order valence-electron chi connectivity index (χ3n) is 3.08. The van der Waals surface area contributed by atoms with E-state index in [4.69, 9.17) is 21.1 Å². The van der Waals surface area contributed by atoms with Gasteiger partial charge in [0, 0.05) is 33.8 Å². The van der Waals surface area contributed by atoms with Gasteiger partial charge in [-0.3, -0.25) is 4.79 Å². The maximum atomic E-state index is 12.0. The van der Waals surface area contributed by atoms with Gasteiger partial charge < -0.3 is 14.8 Å². The van der Waals surface area contributed by atoms with Crippen LogP contribution in [0.4, 0.5) is 5.69 Å². The number of nitrogens with one attached hydrogen (secondary N) is 1. The lowest BCUT2D eigenvalue weighted by atomic mass is 10.2. The number of ether oxygens (including phenoxy) is 2. The van der Waals surface area contributed by atoms with Gasteiger partial charge in [0.2, 0.25) is 5.91 Å². The summed E-state index contributed by atoms with van der Waals surface area (Å²) in [7, 11) is 3.14. The molecule has 0 radical (unpaired) electrons. The molecule has 1 N–H and O–H groups in total. The van der Waals surface area contributed by atoms with E-state index >= 15 is 0 Å². The van der Waals surface area contributed by atoms with Gasteiger partial charge in [0.05, 0.1) is 14.2 Å². The summed E-state index contributed by atoms with van der Waals surface area (Å²) in [5.41, 5.74) is 0.684. The predicted molar refractivity (Wildman–Crippen MR) is 95.0 cm³/mol. The lowest BCUT2D eigenvalue weighted by Crippen LogP contribution is -2.12. The third-order valence-corrected chi connectivity index (χ3v) is 4.34. The smallest absolute Gasteiger partial charge is 0.225 e. The molecular weight excluding hydrogens is 334 g/mol. The Morgan fingerprint density at radius 2 is 1.78 bits per heavy atom. The van der Waals surface area contributed by atoms with Crippen molar-refractivity contribution in [2.75, 3.05) is 25.3 Å². The molecule has 2 aromatic rings. The highest BCUT2D eigenvalue weighted by Gasteiger charge is 2.07. The standard InChI is InChI=1S/C17H18ClNO3S/c1-21-15-8-5-13(11-16(15)22-2)19-17(20)9-10-23-14-6-3-12(18)4-7-14/h3-8,11H,9-10H2,1-2H3,(H,19,20). The zero-order chi connectivity index (χ0) is 16.7. The maximum Gasteiger partial charge on any atom is 0.225 e. The fraction of sp³-hybridized carbons (Fsp3) is 0.235. The van der Waals surface area contributed by atoms with Crippen LogP contribution in [0.15, 0.2) is 47.4 Å². The second kappa shape index (κ2) is 8.70. The molecule has 0 aliphatic heterocycles. The third kappa shape index (κ3) is 5.37. The van der Waals surface area contributed by atoms with Crippen molar-refractivity contribution < 1.29 is 14.3 Å². The Morgan fingerprint density at radius 3 is 2.43 bits per heavy atom. The predicted octanol–water partition coefficient (Wildman–Crippen LogP) is 4.48. The van der Waals surface area contributed by atoms with Gasteiger partial charge in [0.15, 0.2) is 11.5 Å². The summed E-state index contributed by atoms with van der Waals surface area (Å²) in [6.07, 6.45) is 0.418. The molecule has 0 aromatic heterocycles. The van der Waals surface area contributed by atoms with Crippen molar-refractivity contribution in [3.05, 3.63) is 47.5 Å². The van der Waals surface area contributed by atoms with Crippen LogP contribution in [-0.4, -0.2) is 25.9 Å². The Labute approximate surface area is 145 Å². The molecule has 0 bridgehead atoms. The van der Waals surface area contributed by atoms with Crippen LogP contribution in [0.2, 0.25) is 5.02 Å². The van der Waals surface area contributed by atoms with E-state index in [9.17, 15) is 4.79 Å². The van der Waals surface area contributed by atoms with Gasteiger partial charge >= 0.3 is 0 Å². The number of hydrogen-bond donors (Lipinski definition) is 1. The average molecular weight is 352 g/mol. The van der Waals surface area contributed by atoms with E-state index in [1.165, 1.54) is 0 Å². The average Bonchev–Trinajstić information content (AvgIpc) is 2.56. The zero-order valence-corrected chi connectivity index (χ0v) is 14.5. The van der Waals surface area contributed by atoms with E-state index in [0.717, 1.165) is 4.90 Å². The van der Waals surface area contributed by atoms with Crippen molar-refractivity contribution in [3.63, 3.8) is 0 Å². The lowest BCUT2D eigenvalue weighted by Gasteiger charge is -2.10. The van der Waals surface area contributed by atoms with E-state index in [-0.39, 0.29) is 5.91 Å². The topological polar surface area (TPSA) is 47.6 Å². The summed E-state index contributed by atoms with van der Waals surface area (Å²) < 4.78 is 10.4. The van der Waals surface area contributed by atoms with E-state index in [1.807, 2.05) is 24.3 Å². The molecule has 0 aliphatic rings. The maximum absolute atomic E-state index is 12.0. The number of thioether (sulfide) groups is 1. The number of rotatable bonds is 7. The molecule has 0 fully saturated rings. The Bertz CT molecular complexity index is 661. The molecule has 2 aromatic carbocycles. The number of benzene rings is 2. The van der Waals surface area contributed by atoms with Gasteiger partial charge in [-0.1, -0.05) is 11.6 Å². The van der Waals surface area contributed by atoms with Crippen LogP contribution in [0, 0.1) is 0 Å². The first-order chi connectivity index (χ1) is 11.1. The number of halogens is 1. The highest BCUT2D eigenvalue weighted by atomic mass is 35.5. The molecule has 2 rings (SSSR count). The minimum Gasteiger partial charge on any atom is -0.493 e. The summed E-state index contributed by atoms with van der Waals surface area (Å²) in [5.74, 6) is 1.86. The molecule has 4 nitrogen and oxygen atoms in total. The van der Waals surface area contributed by atoms with Gasteiger partial charge in [-0.05, 0) is 36.4 Å². The summed E-state index contributed by atoms with van der Waals surface area (Å²) in [4.78, 5) is 13.1. The van der Waals surface area contributed by atoms with Gasteiger partial charge in [0.1, 0.15) is 0 Å². The zero-order valence-electron chi connectivity index (χ0n) is 13.0. The number of carbonyl (C=O) groups is 1. The minimum atomic E-state index is -0.0429. The van der Waals surface area contributed by atoms with Gasteiger partial charge in [0.25, 0.3) is 0 Å². The van der Waals surface area contributed by atoms with Crippen LogP contribution in [0.5, 0.6) is 11.5 Å². The fourth-order valence-electron chi connectivity index (χ4n) is 1.93. The quantitative estimate of drug-likeness (QED) is 0.747. The Balaban J connectivity index is 1.83. The number of methoxy groups -OCH3 is 2. The second-order valence-electron chi connectivity index (χ2n) is 4.67. The molecule has 0 aliphatic carbocycles. The molecule has 23 heavy (non-hydrogen) atoms. The Morgan fingerprint density at radius 1 is 1.09 bits per heavy atom. The number of hydrogen-bond acceptors (Lipinski definition) is 4. The first-order valence-electron chi connectivity index (χ1n) is 7.02. The first kappa shape index (κ1) is 17.5.